The molecule has 4 rings (SSSR count). The number of hydrogen-bond donors (Lipinski definition) is 2. The highest BCUT2D eigenvalue weighted by atomic mass is 19.4. The van der Waals surface area contributed by atoms with Crippen LogP contribution in [0.4, 0.5) is 22.0 Å². The van der Waals surface area contributed by atoms with Crippen molar-refractivity contribution in [2.24, 2.45) is 0 Å². The molecule has 3 aromatic rings. The molecule has 0 bridgehead atoms. The van der Waals surface area contributed by atoms with E-state index < -0.39 is 23.7 Å². The summed E-state index contributed by atoms with van der Waals surface area (Å²) in [6.45, 7) is 3.37. The highest BCUT2D eigenvalue weighted by molar-refractivity contribution is 5.81. The van der Waals surface area contributed by atoms with Crippen molar-refractivity contribution >= 4 is 5.91 Å². The fourth-order valence-corrected chi connectivity index (χ4v) is 5.02. The molecular weight excluding hydrogens is 475 g/mol. The number of piperidine rings is 1. The first-order chi connectivity index (χ1) is 17.1. The molecule has 190 valence electrons. The van der Waals surface area contributed by atoms with Crippen LogP contribution in [0.1, 0.15) is 40.5 Å². The van der Waals surface area contributed by atoms with E-state index in [9.17, 15) is 26.7 Å². The number of amides is 1. The van der Waals surface area contributed by atoms with Gasteiger partial charge in [0.2, 0.25) is 0 Å². The van der Waals surface area contributed by atoms with Gasteiger partial charge in [0, 0.05) is 19.0 Å². The van der Waals surface area contributed by atoms with E-state index in [4.69, 9.17) is 0 Å². The van der Waals surface area contributed by atoms with Crippen molar-refractivity contribution in [1.29, 1.82) is 0 Å². The maximum atomic E-state index is 13.9. The Morgan fingerprint density at radius 2 is 1.78 bits per heavy atom. The number of halogens is 5. The van der Waals surface area contributed by atoms with E-state index in [0.717, 1.165) is 46.3 Å². The van der Waals surface area contributed by atoms with Gasteiger partial charge in [-0.25, -0.2) is 8.78 Å². The Balaban J connectivity index is 1.57. The molecular formula is C28H27F5N2O. The Labute approximate surface area is 206 Å². The number of hydrogen-bond acceptors (Lipinski definition) is 2. The summed E-state index contributed by atoms with van der Waals surface area (Å²) in [5, 5.41) is 5.32. The Hall–Kier alpha value is -3.26. The van der Waals surface area contributed by atoms with Crippen molar-refractivity contribution in [3.05, 3.63) is 94.6 Å². The zero-order chi connectivity index (χ0) is 25.9. The first-order valence-corrected chi connectivity index (χ1v) is 11.8. The normalized spacial score (nSPS) is 18.2. The molecule has 36 heavy (non-hydrogen) atoms. The van der Waals surface area contributed by atoms with Gasteiger partial charge in [-0.3, -0.25) is 4.79 Å². The van der Waals surface area contributed by atoms with Gasteiger partial charge < -0.3 is 10.6 Å². The van der Waals surface area contributed by atoms with Gasteiger partial charge in [0.25, 0.3) is 0 Å². The SMILES string of the molecule is Cc1cc(-c2ccccc2CCNC(=O)C(F)(F)F)ccc1[C@H]1CNCC[C@@H]1c1ccc(F)c(F)c1. The summed E-state index contributed by atoms with van der Waals surface area (Å²) in [6, 6.07) is 17.6. The van der Waals surface area contributed by atoms with Gasteiger partial charge >= 0.3 is 12.1 Å². The lowest BCUT2D eigenvalue weighted by molar-refractivity contribution is -0.173. The van der Waals surface area contributed by atoms with Gasteiger partial charge in [-0.15, -0.1) is 0 Å². The number of carbonyl (C=O) groups excluding carboxylic acids is 1. The van der Waals surface area contributed by atoms with Crippen molar-refractivity contribution in [2.75, 3.05) is 19.6 Å². The minimum absolute atomic E-state index is 0.0374. The van der Waals surface area contributed by atoms with Crippen LogP contribution in [0.15, 0.2) is 60.7 Å². The summed E-state index contributed by atoms with van der Waals surface area (Å²) >= 11 is 0. The van der Waals surface area contributed by atoms with Gasteiger partial charge in [-0.05, 0) is 77.7 Å². The van der Waals surface area contributed by atoms with Crippen LogP contribution in [-0.4, -0.2) is 31.7 Å². The van der Waals surface area contributed by atoms with E-state index >= 15 is 0 Å². The molecule has 1 saturated heterocycles. The fourth-order valence-electron chi connectivity index (χ4n) is 5.02. The highest BCUT2D eigenvalue weighted by Crippen LogP contribution is 2.40. The van der Waals surface area contributed by atoms with Crippen LogP contribution < -0.4 is 10.6 Å². The van der Waals surface area contributed by atoms with E-state index in [2.05, 4.69) is 5.32 Å². The quantitative estimate of drug-likeness (QED) is 0.405. The number of rotatable bonds is 6. The lowest BCUT2D eigenvalue weighted by Gasteiger charge is -2.34. The Bertz CT molecular complexity index is 1240. The van der Waals surface area contributed by atoms with Crippen molar-refractivity contribution in [1.82, 2.24) is 10.6 Å². The van der Waals surface area contributed by atoms with Crippen LogP contribution in [0.25, 0.3) is 11.1 Å². The highest BCUT2D eigenvalue weighted by Gasteiger charge is 2.38. The summed E-state index contributed by atoms with van der Waals surface area (Å²) in [7, 11) is 0. The van der Waals surface area contributed by atoms with Crippen molar-refractivity contribution in [3.8, 4) is 11.1 Å². The zero-order valence-electron chi connectivity index (χ0n) is 19.8. The van der Waals surface area contributed by atoms with E-state index in [1.165, 1.54) is 12.1 Å². The lowest BCUT2D eigenvalue weighted by Crippen LogP contribution is -2.37. The molecule has 0 aromatic heterocycles. The van der Waals surface area contributed by atoms with Crippen LogP contribution in [0, 0.1) is 18.6 Å². The van der Waals surface area contributed by atoms with Gasteiger partial charge in [-0.2, -0.15) is 13.2 Å². The van der Waals surface area contributed by atoms with Crippen LogP contribution in [0.3, 0.4) is 0 Å². The average molecular weight is 503 g/mol. The number of alkyl halides is 3. The van der Waals surface area contributed by atoms with Gasteiger partial charge in [0.1, 0.15) is 0 Å². The maximum absolute atomic E-state index is 13.9. The predicted molar refractivity (Wildman–Crippen MR) is 129 cm³/mol. The Kier molecular flexibility index (Phi) is 7.73. The summed E-state index contributed by atoms with van der Waals surface area (Å²) in [4.78, 5) is 11.1. The minimum atomic E-state index is -4.90. The van der Waals surface area contributed by atoms with Crippen LogP contribution in [-0.2, 0) is 11.2 Å². The summed E-state index contributed by atoms with van der Waals surface area (Å²) in [5.41, 5.74) is 5.54. The molecule has 3 aromatic carbocycles. The monoisotopic (exact) mass is 502 g/mol. The molecule has 2 N–H and O–H groups in total. The Morgan fingerprint density at radius 3 is 2.50 bits per heavy atom. The molecule has 1 amide bonds. The molecule has 0 saturated carbocycles. The molecule has 3 nitrogen and oxygen atoms in total. The molecule has 1 heterocycles. The first kappa shape index (κ1) is 25.8. The lowest BCUT2D eigenvalue weighted by atomic mass is 9.76. The summed E-state index contributed by atoms with van der Waals surface area (Å²) in [5.74, 6) is -3.54. The average Bonchev–Trinajstić information content (AvgIpc) is 2.85. The smallest absolute Gasteiger partial charge is 0.348 e. The predicted octanol–water partition coefficient (Wildman–Crippen LogP) is 6.02. The van der Waals surface area contributed by atoms with Gasteiger partial charge in [0.15, 0.2) is 11.6 Å². The maximum Gasteiger partial charge on any atom is 0.471 e. The molecule has 1 fully saturated rings. The first-order valence-electron chi connectivity index (χ1n) is 11.8. The molecule has 0 radical (unpaired) electrons. The second-order valence-electron chi connectivity index (χ2n) is 9.11. The number of benzene rings is 3. The van der Waals surface area contributed by atoms with Gasteiger partial charge in [0.05, 0.1) is 0 Å². The van der Waals surface area contributed by atoms with E-state index in [-0.39, 0.29) is 24.8 Å². The molecule has 2 atom stereocenters. The third kappa shape index (κ3) is 5.75. The summed E-state index contributed by atoms with van der Waals surface area (Å²) in [6.07, 6.45) is -3.86. The standard InChI is InChI=1S/C28H27F5N2O/c1-17-14-19(22-5-3-2-4-18(22)10-13-35-27(36)28(31,32)33)6-8-21(17)24-16-34-12-11-23(24)20-7-9-25(29)26(30)15-20/h2-9,14-15,23-24,34H,10-13,16H2,1H3,(H,35,36)/t23-,24-/m1/s1. The largest absolute Gasteiger partial charge is 0.471 e. The topological polar surface area (TPSA) is 41.1 Å². The van der Waals surface area contributed by atoms with Crippen LogP contribution in [0.2, 0.25) is 0 Å². The van der Waals surface area contributed by atoms with Crippen LogP contribution >= 0.6 is 0 Å². The third-order valence-electron chi connectivity index (χ3n) is 6.79. The second-order valence-corrected chi connectivity index (χ2v) is 9.11. The number of nitrogens with one attached hydrogen (secondary N) is 2. The molecule has 0 aliphatic carbocycles. The van der Waals surface area contributed by atoms with E-state index in [1.54, 1.807) is 6.07 Å². The van der Waals surface area contributed by atoms with Crippen molar-refractivity contribution < 1.29 is 26.7 Å². The Morgan fingerprint density at radius 1 is 1.00 bits per heavy atom. The second kappa shape index (κ2) is 10.8. The molecule has 0 unspecified atom stereocenters. The fraction of sp³-hybridized carbons (Fsp3) is 0.321. The van der Waals surface area contributed by atoms with E-state index in [0.29, 0.717) is 6.54 Å². The number of carbonyl (C=O) groups is 1. The van der Waals surface area contributed by atoms with Crippen LogP contribution in [0.5, 0.6) is 0 Å². The van der Waals surface area contributed by atoms with E-state index in [1.807, 2.05) is 54.7 Å². The third-order valence-corrected chi connectivity index (χ3v) is 6.79. The molecule has 8 heteroatoms. The van der Waals surface area contributed by atoms with Crippen molar-refractivity contribution in [2.45, 2.75) is 37.8 Å². The molecule has 1 aliphatic rings. The molecule has 0 spiro atoms. The number of aryl methyl sites for hydroxylation is 1. The van der Waals surface area contributed by atoms with Crippen molar-refractivity contribution in [3.63, 3.8) is 0 Å². The summed E-state index contributed by atoms with van der Waals surface area (Å²) < 4.78 is 64.9. The van der Waals surface area contributed by atoms with Gasteiger partial charge in [-0.1, -0.05) is 48.5 Å². The zero-order valence-corrected chi connectivity index (χ0v) is 19.8. The molecule has 1 aliphatic heterocycles. The minimum Gasteiger partial charge on any atom is -0.348 e.